The fourth-order valence-electron chi connectivity index (χ4n) is 1.31. The van der Waals surface area contributed by atoms with E-state index in [1.807, 2.05) is 0 Å². The second-order valence-electron chi connectivity index (χ2n) is 3.18. The summed E-state index contributed by atoms with van der Waals surface area (Å²) < 4.78 is 4.61. The van der Waals surface area contributed by atoms with Crippen molar-refractivity contribution in [1.29, 1.82) is 0 Å². The number of carbonyl (C=O) groups excluding carboxylic acids is 1. The maximum absolute atomic E-state index is 11.3. The summed E-state index contributed by atoms with van der Waals surface area (Å²) in [6.45, 7) is 1.76. The smallest absolute Gasteiger partial charge is 0.358 e. The van der Waals surface area contributed by atoms with Crippen LogP contribution in [0.15, 0.2) is 18.7 Å². The molecule has 16 heavy (non-hydrogen) atoms. The minimum absolute atomic E-state index is 0.279. The number of aromatic nitrogens is 4. The second-order valence-corrected chi connectivity index (χ2v) is 3.18. The number of nitrogens with zero attached hydrogens (tertiary/aromatic N) is 3. The lowest BCUT2D eigenvalue weighted by Crippen LogP contribution is -2.03. The van der Waals surface area contributed by atoms with Crippen LogP contribution in [0, 0.1) is 6.92 Å². The highest BCUT2D eigenvalue weighted by atomic mass is 16.5. The first-order chi connectivity index (χ1) is 7.72. The molecule has 0 fully saturated rings. The van der Waals surface area contributed by atoms with Gasteiger partial charge in [-0.2, -0.15) is 0 Å². The summed E-state index contributed by atoms with van der Waals surface area (Å²) in [4.78, 5) is 26.2. The molecule has 0 unspecified atom stereocenters. The molecule has 2 aromatic heterocycles. The van der Waals surface area contributed by atoms with Crippen molar-refractivity contribution < 1.29 is 9.53 Å². The van der Waals surface area contributed by atoms with Crippen LogP contribution in [0.25, 0.3) is 11.4 Å². The standard InChI is InChI=1S/C10H10N4O2/c1-6-8(10(15)16-2)14-9(13-6)7-3-11-5-12-4-7/h3-5H,1-2H3,(H,13,14). The Bertz CT molecular complexity index is 507. The minimum Gasteiger partial charge on any atom is -0.464 e. The van der Waals surface area contributed by atoms with Gasteiger partial charge in [-0.25, -0.2) is 19.7 Å². The molecule has 0 atom stereocenters. The van der Waals surface area contributed by atoms with Gasteiger partial charge in [0.2, 0.25) is 0 Å². The predicted octanol–water partition coefficient (Wildman–Crippen LogP) is 0.962. The third kappa shape index (κ3) is 1.77. The number of hydrogen-bond acceptors (Lipinski definition) is 5. The highest BCUT2D eigenvalue weighted by Crippen LogP contribution is 2.16. The Labute approximate surface area is 91.7 Å². The number of nitrogens with one attached hydrogen (secondary N) is 1. The van der Waals surface area contributed by atoms with Crippen LogP contribution in [-0.4, -0.2) is 33.0 Å². The van der Waals surface area contributed by atoms with Crippen molar-refractivity contribution in [3.05, 3.63) is 30.1 Å². The Morgan fingerprint density at radius 2 is 2.06 bits per heavy atom. The zero-order valence-corrected chi connectivity index (χ0v) is 8.89. The average Bonchev–Trinajstić information content (AvgIpc) is 2.71. The highest BCUT2D eigenvalue weighted by Gasteiger charge is 2.15. The van der Waals surface area contributed by atoms with Crippen molar-refractivity contribution in [3.8, 4) is 11.4 Å². The molecule has 0 amide bonds. The van der Waals surface area contributed by atoms with Crippen molar-refractivity contribution in [2.75, 3.05) is 7.11 Å². The van der Waals surface area contributed by atoms with E-state index in [-0.39, 0.29) is 5.69 Å². The second kappa shape index (κ2) is 4.09. The lowest BCUT2D eigenvalue weighted by atomic mass is 10.3. The van der Waals surface area contributed by atoms with Crippen LogP contribution in [0.4, 0.5) is 0 Å². The van der Waals surface area contributed by atoms with E-state index in [1.54, 1.807) is 19.3 Å². The first-order valence-electron chi connectivity index (χ1n) is 4.62. The van der Waals surface area contributed by atoms with Crippen molar-refractivity contribution >= 4 is 5.97 Å². The van der Waals surface area contributed by atoms with Gasteiger partial charge in [0.1, 0.15) is 12.2 Å². The number of ether oxygens (including phenoxy) is 1. The van der Waals surface area contributed by atoms with E-state index in [9.17, 15) is 4.79 Å². The first-order valence-corrected chi connectivity index (χ1v) is 4.62. The molecule has 0 spiro atoms. The summed E-state index contributed by atoms with van der Waals surface area (Å²) in [6, 6.07) is 0. The normalized spacial score (nSPS) is 10.1. The zero-order chi connectivity index (χ0) is 11.5. The topological polar surface area (TPSA) is 80.8 Å². The van der Waals surface area contributed by atoms with Crippen LogP contribution in [0.5, 0.6) is 0 Å². The highest BCUT2D eigenvalue weighted by molar-refractivity contribution is 5.89. The molecule has 0 aromatic carbocycles. The van der Waals surface area contributed by atoms with Crippen molar-refractivity contribution in [3.63, 3.8) is 0 Å². The zero-order valence-electron chi connectivity index (χ0n) is 8.89. The van der Waals surface area contributed by atoms with Crippen LogP contribution in [0.3, 0.4) is 0 Å². The Balaban J connectivity index is 2.42. The van der Waals surface area contributed by atoms with Crippen molar-refractivity contribution in [1.82, 2.24) is 19.9 Å². The van der Waals surface area contributed by atoms with Crippen LogP contribution in [0.2, 0.25) is 0 Å². The van der Waals surface area contributed by atoms with E-state index in [1.165, 1.54) is 13.4 Å². The number of rotatable bonds is 2. The first kappa shape index (κ1) is 10.3. The van der Waals surface area contributed by atoms with Gasteiger partial charge in [-0.05, 0) is 6.92 Å². The maximum atomic E-state index is 11.3. The minimum atomic E-state index is -0.461. The van der Waals surface area contributed by atoms with Crippen LogP contribution < -0.4 is 0 Å². The van der Waals surface area contributed by atoms with Gasteiger partial charge in [-0.3, -0.25) is 0 Å². The molecule has 6 nitrogen and oxygen atoms in total. The number of aromatic amines is 1. The molecular formula is C10H10N4O2. The third-order valence-electron chi connectivity index (χ3n) is 2.10. The number of H-pyrrole nitrogens is 1. The molecule has 2 aromatic rings. The third-order valence-corrected chi connectivity index (χ3v) is 2.10. The Morgan fingerprint density at radius 3 is 2.69 bits per heavy atom. The molecular weight excluding hydrogens is 208 g/mol. The number of esters is 1. The lowest BCUT2D eigenvalue weighted by molar-refractivity contribution is 0.0594. The van der Waals surface area contributed by atoms with Crippen molar-refractivity contribution in [2.45, 2.75) is 6.92 Å². The van der Waals surface area contributed by atoms with Crippen LogP contribution in [0.1, 0.15) is 16.2 Å². The molecule has 0 radical (unpaired) electrons. The Morgan fingerprint density at radius 1 is 1.38 bits per heavy atom. The molecule has 0 saturated heterocycles. The monoisotopic (exact) mass is 218 g/mol. The molecule has 0 aliphatic rings. The number of imidazole rings is 1. The molecule has 0 saturated carbocycles. The van der Waals surface area contributed by atoms with E-state index < -0.39 is 5.97 Å². The summed E-state index contributed by atoms with van der Waals surface area (Å²) in [7, 11) is 1.32. The molecule has 82 valence electrons. The van der Waals surface area contributed by atoms with E-state index in [2.05, 4.69) is 24.7 Å². The largest absolute Gasteiger partial charge is 0.464 e. The van der Waals surface area contributed by atoms with Gasteiger partial charge in [0.05, 0.1) is 12.7 Å². The van der Waals surface area contributed by atoms with Gasteiger partial charge in [0.25, 0.3) is 0 Å². The fourth-order valence-corrected chi connectivity index (χ4v) is 1.31. The molecule has 1 N–H and O–H groups in total. The molecule has 0 aliphatic carbocycles. The number of hydrogen-bond donors (Lipinski definition) is 1. The molecule has 6 heteroatoms. The van der Waals surface area contributed by atoms with E-state index in [0.29, 0.717) is 11.5 Å². The Kier molecular flexibility index (Phi) is 2.63. The van der Waals surface area contributed by atoms with E-state index in [0.717, 1.165) is 5.56 Å². The predicted molar refractivity (Wildman–Crippen MR) is 55.7 cm³/mol. The summed E-state index contributed by atoms with van der Waals surface area (Å²) in [5.41, 5.74) is 1.66. The van der Waals surface area contributed by atoms with Gasteiger partial charge in [0, 0.05) is 18.1 Å². The maximum Gasteiger partial charge on any atom is 0.358 e. The van der Waals surface area contributed by atoms with Gasteiger partial charge in [-0.1, -0.05) is 0 Å². The number of aryl methyl sites for hydroxylation is 1. The summed E-state index contributed by atoms with van der Waals surface area (Å²) in [5.74, 6) is 0.0929. The summed E-state index contributed by atoms with van der Waals surface area (Å²) >= 11 is 0. The summed E-state index contributed by atoms with van der Waals surface area (Å²) in [6.07, 6.45) is 4.67. The van der Waals surface area contributed by atoms with E-state index in [4.69, 9.17) is 0 Å². The molecule has 2 heterocycles. The quantitative estimate of drug-likeness (QED) is 0.759. The molecule has 0 bridgehead atoms. The molecule has 2 rings (SSSR count). The SMILES string of the molecule is COC(=O)c1nc(-c2cncnc2)[nH]c1C. The van der Waals surface area contributed by atoms with Crippen LogP contribution >= 0.6 is 0 Å². The lowest BCUT2D eigenvalue weighted by Gasteiger charge is -1.93. The van der Waals surface area contributed by atoms with Gasteiger partial charge < -0.3 is 9.72 Å². The van der Waals surface area contributed by atoms with Crippen LogP contribution in [-0.2, 0) is 4.74 Å². The van der Waals surface area contributed by atoms with Gasteiger partial charge in [-0.15, -0.1) is 0 Å². The van der Waals surface area contributed by atoms with Gasteiger partial charge >= 0.3 is 5.97 Å². The van der Waals surface area contributed by atoms with Crippen molar-refractivity contribution in [2.24, 2.45) is 0 Å². The Hall–Kier alpha value is -2.24. The van der Waals surface area contributed by atoms with E-state index >= 15 is 0 Å². The number of carbonyl (C=O) groups is 1. The average molecular weight is 218 g/mol. The summed E-state index contributed by atoms with van der Waals surface area (Å²) in [5, 5.41) is 0. The number of methoxy groups -OCH3 is 1. The fraction of sp³-hybridized carbons (Fsp3) is 0.200. The molecule has 0 aliphatic heterocycles. The van der Waals surface area contributed by atoms with Gasteiger partial charge in [0.15, 0.2) is 5.69 Å².